The highest BCUT2D eigenvalue weighted by molar-refractivity contribution is 8.15. The molecule has 1 aromatic carbocycles. The molecule has 9 heteroatoms. The average Bonchev–Trinajstić information content (AvgIpc) is 3.44. The summed E-state index contributed by atoms with van der Waals surface area (Å²) >= 11 is 1.29. The van der Waals surface area contributed by atoms with E-state index < -0.39 is 21.9 Å². The number of nitrogens with zero attached hydrogens (tertiary/aromatic N) is 4. The number of hydrogen-bond donors (Lipinski definition) is 1. The normalized spacial score (nSPS) is 29.9. The molecule has 180 valence electrons. The molecule has 35 heavy (non-hydrogen) atoms. The first-order chi connectivity index (χ1) is 16.7. The lowest BCUT2D eigenvalue weighted by Crippen LogP contribution is -2.45. The number of aromatic nitrogens is 1. The van der Waals surface area contributed by atoms with Crippen molar-refractivity contribution in [3.05, 3.63) is 70.6 Å². The van der Waals surface area contributed by atoms with Gasteiger partial charge in [0.2, 0.25) is 11.6 Å². The second-order valence-corrected chi connectivity index (χ2v) is 11.1. The molecule has 1 saturated heterocycles. The third-order valence-electron chi connectivity index (χ3n) is 7.24. The average molecular weight is 494 g/mol. The molecule has 1 amide bonds. The third-order valence-corrected chi connectivity index (χ3v) is 8.53. The zero-order valence-corrected chi connectivity index (χ0v) is 20.3. The first-order valence-corrected chi connectivity index (χ1v) is 12.3. The van der Waals surface area contributed by atoms with E-state index in [1.54, 1.807) is 13.0 Å². The molecule has 1 aromatic heterocycles. The molecular weight excluding hydrogens is 468 g/mol. The molecule has 0 spiro atoms. The fraction of sp³-hybridized carbons (Fsp3) is 0.385. The summed E-state index contributed by atoms with van der Waals surface area (Å²) in [5.41, 5.74) is 6.28. The largest absolute Gasteiger partial charge is 0.378 e. The number of amidine groups is 1. The van der Waals surface area contributed by atoms with E-state index >= 15 is 4.39 Å². The van der Waals surface area contributed by atoms with Gasteiger partial charge < -0.3 is 10.6 Å². The quantitative estimate of drug-likeness (QED) is 0.599. The Hall–Kier alpha value is -3.25. The van der Waals surface area contributed by atoms with Crippen molar-refractivity contribution in [1.29, 1.82) is 0 Å². The number of pyridine rings is 1. The summed E-state index contributed by atoms with van der Waals surface area (Å²) in [7, 11) is 0. The summed E-state index contributed by atoms with van der Waals surface area (Å²) in [6.45, 7) is 12.4. The number of benzene rings is 1. The number of fused-ring (bicyclic) bond motifs is 1. The molecule has 3 aliphatic rings. The van der Waals surface area contributed by atoms with Gasteiger partial charge in [-0.3, -0.25) is 14.8 Å². The van der Waals surface area contributed by atoms with Crippen LogP contribution in [0.25, 0.3) is 16.7 Å². The highest BCUT2D eigenvalue weighted by Gasteiger charge is 2.71. The van der Waals surface area contributed by atoms with Gasteiger partial charge in [-0.2, -0.15) is 0 Å². The van der Waals surface area contributed by atoms with Crippen LogP contribution in [0, 0.1) is 24.2 Å². The Bertz CT molecular complexity index is 1300. The number of halogens is 2. The zero-order valence-electron chi connectivity index (χ0n) is 19.5. The molecule has 5 rings (SSSR count). The fourth-order valence-corrected chi connectivity index (χ4v) is 6.72. The van der Waals surface area contributed by atoms with Crippen molar-refractivity contribution in [3.63, 3.8) is 0 Å². The minimum atomic E-state index is -1.05. The van der Waals surface area contributed by atoms with Crippen LogP contribution in [0.3, 0.4) is 0 Å². The number of amides is 1. The van der Waals surface area contributed by atoms with Gasteiger partial charge in [-0.05, 0) is 55.5 Å². The van der Waals surface area contributed by atoms with Crippen LogP contribution in [-0.2, 0) is 10.3 Å². The molecule has 2 fully saturated rings. The molecule has 2 aromatic rings. The summed E-state index contributed by atoms with van der Waals surface area (Å²) in [6, 6.07) is 7.26. The first kappa shape index (κ1) is 23.5. The van der Waals surface area contributed by atoms with E-state index in [1.165, 1.54) is 48.3 Å². The number of aliphatic imine (C=N–C) groups is 1. The number of thioether (sulfide) groups is 1. The van der Waals surface area contributed by atoms with Crippen molar-refractivity contribution in [2.24, 2.45) is 22.6 Å². The topological polar surface area (TPSA) is 75.9 Å². The second kappa shape index (κ2) is 8.45. The third kappa shape index (κ3) is 4.00. The molecular formula is C26H25F2N5OS. The van der Waals surface area contributed by atoms with Crippen LogP contribution in [0.5, 0.6) is 0 Å². The van der Waals surface area contributed by atoms with Gasteiger partial charge in [0.1, 0.15) is 16.4 Å². The molecule has 0 unspecified atom stereocenters. The highest BCUT2D eigenvalue weighted by atomic mass is 32.2. The molecule has 1 saturated carbocycles. The van der Waals surface area contributed by atoms with Gasteiger partial charge in [-0.15, -0.1) is 0 Å². The van der Waals surface area contributed by atoms with Crippen molar-refractivity contribution in [3.8, 4) is 0 Å². The Kier molecular flexibility index (Phi) is 5.67. The number of hydrogen-bond acceptors (Lipinski definition) is 5. The number of nitrogens with two attached hydrogens (primary N) is 1. The van der Waals surface area contributed by atoms with Crippen molar-refractivity contribution < 1.29 is 13.6 Å². The maximum absolute atomic E-state index is 15.2. The van der Waals surface area contributed by atoms with Crippen molar-refractivity contribution >= 4 is 40.4 Å². The lowest BCUT2D eigenvalue weighted by atomic mass is 9.84. The number of carbonyl (C=O) groups is 1. The summed E-state index contributed by atoms with van der Waals surface area (Å²) in [5, 5.41) is 0.262. The second-order valence-electron chi connectivity index (χ2n) is 9.74. The molecule has 0 bridgehead atoms. The predicted octanol–water partition coefficient (Wildman–Crippen LogP) is 5.14. The minimum Gasteiger partial charge on any atom is -0.378 e. The van der Waals surface area contributed by atoms with E-state index in [9.17, 15) is 9.18 Å². The molecule has 3 heterocycles. The summed E-state index contributed by atoms with van der Waals surface area (Å²) in [4.78, 5) is 27.2. The summed E-state index contributed by atoms with van der Waals surface area (Å²) in [6.07, 6.45) is 4.11. The Labute approximate surface area is 207 Å². The standard InChI is InChI=1S/C26H25F2N5OS/c1-15-8-9-33(14-15)23(34)26-12-22(26)25(2,32-24(29)35-26)18-10-16(4-6-19(18)27)11-20(28)21-7-5-17(30-3)13-31-21/h4-7,10-11,13,15,22H,8-9,12,14H2,1-2H3,(H2,29,32)/b20-11-/t15-,22+,25-,26+/m1/s1. The molecule has 1 aliphatic carbocycles. The van der Waals surface area contributed by atoms with Crippen LogP contribution in [0.4, 0.5) is 14.5 Å². The maximum atomic E-state index is 15.2. The Balaban J connectivity index is 1.47. The highest BCUT2D eigenvalue weighted by Crippen LogP contribution is 2.66. The van der Waals surface area contributed by atoms with Gasteiger partial charge in [-0.25, -0.2) is 13.6 Å². The number of rotatable bonds is 4. The Morgan fingerprint density at radius 2 is 2.17 bits per heavy atom. The van der Waals surface area contributed by atoms with Crippen LogP contribution >= 0.6 is 11.8 Å². The van der Waals surface area contributed by atoms with Gasteiger partial charge in [0.15, 0.2) is 5.17 Å². The van der Waals surface area contributed by atoms with Crippen LogP contribution < -0.4 is 5.73 Å². The SMILES string of the molecule is [C-]#[N+]c1ccc(/C(F)=C/c2ccc(F)c([C@@]3(C)N=C(N)S[C@@]4(C(=O)N5CC[C@@H](C)C5)C[C@H]43)c2)nc1. The molecule has 6 nitrogen and oxygen atoms in total. The summed E-state index contributed by atoms with van der Waals surface area (Å²) in [5.74, 6) is -0.780. The molecule has 2 N–H and O–H groups in total. The van der Waals surface area contributed by atoms with Gasteiger partial charge in [0.25, 0.3) is 0 Å². The van der Waals surface area contributed by atoms with Gasteiger partial charge in [0, 0.05) is 30.8 Å². The van der Waals surface area contributed by atoms with E-state index in [0.717, 1.165) is 19.5 Å². The number of carbonyl (C=O) groups excluding carboxylic acids is 1. The van der Waals surface area contributed by atoms with Crippen LogP contribution in [0.15, 0.2) is 41.5 Å². The Morgan fingerprint density at radius 1 is 1.37 bits per heavy atom. The predicted molar refractivity (Wildman–Crippen MR) is 134 cm³/mol. The minimum absolute atomic E-state index is 0.0531. The van der Waals surface area contributed by atoms with E-state index in [1.807, 2.05) is 4.90 Å². The van der Waals surface area contributed by atoms with Crippen molar-refractivity contribution in [2.75, 3.05) is 13.1 Å². The van der Waals surface area contributed by atoms with Crippen LogP contribution in [0.1, 0.15) is 43.5 Å². The van der Waals surface area contributed by atoms with E-state index in [-0.39, 0.29) is 28.3 Å². The van der Waals surface area contributed by atoms with Crippen LogP contribution in [-0.4, -0.2) is 38.8 Å². The molecule has 2 aliphatic heterocycles. The zero-order chi connectivity index (χ0) is 25.0. The van der Waals surface area contributed by atoms with Gasteiger partial charge in [0.05, 0.1) is 17.8 Å². The van der Waals surface area contributed by atoms with E-state index in [2.05, 4.69) is 21.7 Å². The smallest absolute Gasteiger partial charge is 0.239 e. The Morgan fingerprint density at radius 3 is 2.83 bits per heavy atom. The lowest BCUT2D eigenvalue weighted by Gasteiger charge is -2.35. The van der Waals surface area contributed by atoms with Gasteiger partial charge in [-0.1, -0.05) is 30.8 Å². The van der Waals surface area contributed by atoms with Crippen molar-refractivity contribution in [1.82, 2.24) is 9.88 Å². The number of likely N-dealkylation sites (tertiary alicyclic amines) is 1. The van der Waals surface area contributed by atoms with Crippen LogP contribution in [0.2, 0.25) is 0 Å². The fourth-order valence-electron chi connectivity index (χ4n) is 5.28. The lowest BCUT2D eigenvalue weighted by molar-refractivity contribution is -0.130. The molecule has 0 radical (unpaired) electrons. The van der Waals surface area contributed by atoms with Gasteiger partial charge >= 0.3 is 0 Å². The maximum Gasteiger partial charge on any atom is 0.239 e. The summed E-state index contributed by atoms with van der Waals surface area (Å²) < 4.78 is 29.3. The monoisotopic (exact) mass is 493 g/mol. The van der Waals surface area contributed by atoms with E-state index in [4.69, 9.17) is 12.3 Å². The van der Waals surface area contributed by atoms with E-state index in [0.29, 0.717) is 23.6 Å². The first-order valence-electron chi connectivity index (χ1n) is 11.5. The van der Waals surface area contributed by atoms with Crippen molar-refractivity contribution in [2.45, 2.75) is 37.0 Å². The molecule has 4 atom stereocenters.